The molecular weight excluding hydrogens is 276 g/mol. The van der Waals surface area contributed by atoms with Crippen molar-refractivity contribution in [1.82, 2.24) is 0 Å². The molecule has 2 heteroatoms. The molecule has 0 bridgehead atoms. The van der Waals surface area contributed by atoms with E-state index in [1.807, 2.05) is 0 Å². The van der Waals surface area contributed by atoms with Gasteiger partial charge in [-0.3, -0.25) is 0 Å². The molecule has 1 aromatic rings. The summed E-state index contributed by atoms with van der Waals surface area (Å²) in [6.45, 7) is 0. The quantitative estimate of drug-likeness (QED) is 0.723. The summed E-state index contributed by atoms with van der Waals surface area (Å²) in [7, 11) is 0. The van der Waals surface area contributed by atoms with Crippen molar-refractivity contribution in [3.63, 3.8) is 0 Å². The summed E-state index contributed by atoms with van der Waals surface area (Å²) in [6, 6.07) is 8.55. The molecular formula is C15H17BrO. The molecule has 2 fully saturated rings. The second-order valence-electron chi connectivity index (χ2n) is 6.00. The summed E-state index contributed by atoms with van der Waals surface area (Å²) < 4.78 is 0. The number of benzene rings is 1. The number of halogens is 1. The second-order valence-corrected chi connectivity index (χ2v) is 6.92. The molecule has 0 amide bonds. The molecule has 0 saturated heterocycles. The molecule has 90 valence electrons. The van der Waals surface area contributed by atoms with E-state index in [1.165, 1.54) is 36.8 Å². The molecule has 0 radical (unpaired) electrons. The number of hydrogen-bond donors (Lipinski definition) is 1. The summed E-state index contributed by atoms with van der Waals surface area (Å²) in [5.74, 6) is 0. The van der Waals surface area contributed by atoms with Crippen LogP contribution in [0.1, 0.15) is 49.3 Å². The maximum Gasteiger partial charge on any atom is 0.0799 e. The van der Waals surface area contributed by atoms with Crippen LogP contribution in [0.4, 0.5) is 0 Å². The molecule has 0 aromatic heterocycles. The first-order valence-electron chi connectivity index (χ1n) is 6.64. The van der Waals surface area contributed by atoms with Crippen LogP contribution in [0, 0.1) is 5.41 Å². The van der Waals surface area contributed by atoms with Gasteiger partial charge in [0.25, 0.3) is 0 Å². The van der Waals surface area contributed by atoms with Crippen LogP contribution in [0.15, 0.2) is 24.3 Å². The number of hydrogen-bond acceptors (Lipinski definition) is 1. The Balaban J connectivity index is 1.95. The number of aliphatic hydroxyl groups excluding tert-OH is 1. The molecule has 4 atom stereocenters. The molecule has 2 saturated carbocycles. The van der Waals surface area contributed by atoms with Gasteiger partial charge in [0, 0.05) is 10.2 Å². The van der Waals surface area contributed by atoms with Gasteiger partial charge in [-0.15, -0.1) is 0 Å². The van der Waals surface area contributed by atoms with Gasteiger partial charge in [-0.25, -0.2) is 0 Å². The van der Waals surface area contributed by atoms with Crippen LogP contribution < -0.4 is 0 Å². The van der Waals surface area contributed by atoms with Crippen LogP contribution in [0.3, 0.4) is 0 Å². The third kappa shape index (κ3) is 1.01. The largest absolute Gasteiger partial charge is 0.388 e. The van der Waals surface area contributed by atoms with Gasteiger partial charge in [-0.1, -0.05) is 53.0 Å². The first-order valence-corrected chi connectivity index (χ1v) is 7.55. The maximum absolute atomic E-state index is 10.4. The smallest absolute Gasteiger partial charge is 0.0799 e. The molecule has 3 aliphatic rings. The van der Waals surface area contributed by atoms with Crippen molar-refractivity contribution in [2.24, 2.45) is 5.41 Å². The van der Waals surface area contributed by atoms with E-state index in [2.05, 4.69) is 40.2 Å². The summed E-state index contributed by atoms with van der Waals surface area (Å²) in [6.07, 6.45) is 5.97. The van der Waals surface area contributed by atoms with E-state index in [4.69, 9.17) is 0 Å². The first kappa shape index (κ1) is 10.6. The SMILES string of the molecule is OC1CC23CCCCC2(c2ccccc21)C3Br. The van der Waals surface area contributed by atoms with Gasteiger partial charge in [-0.2, -0.15) is 0 Å². The van der Waals surface area contributed by atoms with Crippen LogP contribution >= 0.6 is 15.9 Å². The van der Waals surface area contributed by atoms with Gasteiger partial charge in [-0.05, 0) is 35.8 Å². The van der Waals surface area contributed by atoms with Crippen molar-refractivity contribution < 1.29 is 5.11 Å². The predicted molar refractivity (Wildman–Crippen MR) is 71.3 cm³/mol. The van der Waals surface area contributed by atoms with Gasteiger partial charge in [0.15, 0.2) is 0 Å². The van der Waals surface area contributed by atoms with Crippen LogP contribution in [0.25, 0.3) is 0 Å². The Morgan fingerprint density at radius 2 is 1.94 bits per heavy atom. The summed E-state index contributed by atoms with van der Waals surface area (Å²) in [5, 5.41) is 10.4. The zero-order valence-corrected chi connectivity index (χ0v) is 11.4. The van der Waals surface area contributed by atoms with Gasteiger partial charge >= 0.3 is 0 Å². The lowest BCUT2D eigenvalue weighted by atomic mass is 9.67. The normalized spacial score (nSPS) is 46.7. The monoisotopic (exact) mass is 292 g/mol. The third-order valence-corrected chi connectivity index (χ3v) is 7.18. The van der Waals surface area contributed by atoms with Crippen LogP contribution in [-0.4, -0.2) is 9.93 Å². The Hall–Kier alpha value is -0.340. The highest BCUT2D eigenvalue weighted by Gasteiger charge is 2.77. The van der Waals surface area contributed by atoms with Gasteiger partial charge < -0.3 is 5.11 Å². The van der Waals surface area contributed by atoms with E-state index >= 15 is 0 Å². The molecule has 1 aromatic carbocycles. The molecule has 4 unspecified atom stereocenters. The van der Waals surface area contributed by atoms with Gasteiger partial charge in [0.1, 0.15) is 0 Å². The highest BCUT2D eigenvalue weighted by Crippen LogP contribution is 2.79. The van der Waals surface area contributed by atoms with Crippen molar-refractivity contribution in [3.8, 4) is 0 Å². The maximum atomic E-state index is 10.4. The van der Waals surface area contributed by atoms with E-state index in [0.717, 1.165) is 6.42 Å². The Morgan fingerprint density at radius 1 is 1.18 bits per heavy atom. The number of fused-ring (bicyclic) bond motifs is 1. The highest BCUT2D eigenvalue weighted by atomic mass is 79.9. The van der Waals surface area contributed by atoms with E-state index in [1.54, 1.807) is 0 Å². The fraction of sp³-hybridized carbons (Fsp3) is 0.600. The molecule has 4 rings (SSSR count). The lowest BCUT2D eigenvalue weighted by molar-refractivity contribution is 0.101. The van der Waals surface area contributed by atoms with E-state index in [9.17, 15) is 5.11 Å². The summed E-state index contributed by atoms with van der Waals surface area (Å²) >= 11 is 3.94. The fourth-order valence-corrected chi connectivity index (χ4v) is 6.38. The Morgan fingerprint density at radius 3 is 2.82 bits per heavy atom. The number of alkyl halides is 1. The molecule has 0 spiro atoms. The topological polar surface area (TPSA) is 20.2 Å². The minimum Gasteiger partial charge on any atom is -0.388 e. The average molecular weight is 293 g/mol. The molecule has 0 heterocycles. The second kappa shape index (κ2) is 3.16. The highest BCUT2D eigenvalue weighted by molar-refractivity contribution is 9.09. The van der Waals surface area contributed by atoms with E-state index < -0.39 is 0 Å². The van der Waals surface area contributed by atoms with Crippen LogP contribution in [-0.2, 0) is 5.41 Å². The van der Waals surface area contributed by atoms with E-state index in [-0.39, 0.29) is 6.10 Å². The van der Waals surface area contributed by atoms with Gasteiger partial charge in [0.05, 0.1) is 6.10 Å². The lowest BCUT2D eigenvalue weighted by Gasteiger charge is -2.38. The minimum atomic E-state index is -0.250. The molecule has 1 nitrogen and oxygen atoms in total. The Labute approximate surface area is 110 Å². The van der Waals surface area contributed by atoms with Gasteiger partial charge in [0.2, 0.25) is 0 Å². The van der Waals surface area contributed by atoms with Crippen LogP contribution in [0.5, 0.6) is 0 Å². The molecule has 3 aliphatic carbocycles. The lowest BCUT2D eigenvalue weighted by Crippen LogP contribution is -2.30. The average Bonchev–Trinajstić information content (AvgIpc) is 2.91. The minimum absolute atomic E-state index is 0.250. The molecule has 1 N–H and O–H groups in total. The zero-order chi connectivity index (χ0) is 11.7. The molecule has 17 heavy (non-hydrogen) atoms. The summed E-state index contributed by atoms with van der Waals surface area (Å²) in [5.41, 5.74) is 3.33. The number of aliphatic hydroxyl groups is 1. The van der Waals surface area contributed by atoms with Crippen molar-refractivity contribution in [2.45, 2.75) is 48.5 Å². The van der Waals surface area contributed by atoms with Crippen LogP contribution in [0.2, 0.25) is 0 Å². The zero-order valence-electron chi connectivity index (χ0n) is 9.82. The Bertz CT molecular complexity index is 486. The number of rotatable bonds is 0. The third-order valence-electron chi connectivity index (χ3n) is 5.52. The predicted octanol–water partition coefficient (Wildman–Crippen LogP) is 3.70. The summed E-state index contributed by atoms with van der Waals surface area (Å²) in [4.78, 5) is 0.586. The Kier molecular flexibility index (Phi) is 1.96. The molecule has 0 aliphatic heterocycles. The van der Waals surface area contributed by atoms with Crippen molar-refractivity contribution in [1.29, 1.82) is 0 Å². The standard InChI is InChI=1S/C15H17BrO/c16-13-14-7-3-4-8-15(13,14)11-6-2-1-5-10(11)12(17)9-14/h1-2,5-6,12-13,17H,3-4,7-9H2. The first-order chi connectivity index (χ1) is 8.22. The van der Waals surface area contributed by atoms with Crippen molar-refractivity contribution >= 4 is 15.9 Å². The van der Waals surface area contributed by atoms with E-state index in [0.29, 0.717) is 15.7 Å². The fourth-order valence-electron chi connectivity index (χ4n) is 4.76. The van der Waals surface area contributed by atoms with Crippen molar-refractivity contribution in [3.05, 3.63) is 35.4 Å². The van der Waals surface area contributed by atoms with Crippen molar-refractivity contribution in [2.75, 3.05) is 0 Å².